The van der Waals surface area contributed by atoms with E-state index >= 15 is 0 Å². The molecule has 58 heavy (non-hydrogen) atoms. The van der Waals surface area contributed by atoms with Gasteiger partial charge < -0.3 is 30.3 Å². The largest absolute Gasteiger partial charge is 0.397 e. The number of aliphatic hydroxyl groups excluding tert-OH is 2. The Labute approximate surface area is 334 Å². The molecule has 2 saturated heterocycles. The van der Waals surface area contributed by atoms with E-state index in [1.165, 1.54) is 0 Å². The number of rotatable bonds is 24. The minimum atomic E-state index is -5.57. The normalized spacial score (nSPS) is 30.4. The standard InChI is InChI=1S/C20H28N2O30S6/c23-17(21-11-15(51-57(39,40)41)13(49-55(33,34)35)9(47-19(11)25)5-45-53(27,28)29)7-1-2-8(4-3-7)18(24)22-12-16(52-58(42,43)44)14(50-56(36,37)38)10(48-20(12)26)6-46-54(30,31)32/h1-4,9-16,19-20,25-26H,5-6H2,(H,21,23)(H,22,24)(H,27,28,29)(H,30,31,32)(H,33,34,35)(H,36,37,38)(H,39,40,41)(H,42,43,44)/t9-,10-,11-,12-,13-,14-,15-,16-,19?,20?/m1/s1/i/hD6. The summed E-state index contributed by atoms with van der Waals surface area (Å²) in [5, 5.41) is 25.3. The smallest absolute Gasteiger partial charge is 0.366 e. The van der Waals surface area contributed by atoms with Crippen LogP contribution in [0.2, 0.25) is 0 Å². The number of hydrogen-bond donors (Lipinski definition) is 10. The van der Waals surface area contributed by atoms with Gasteiger partial charge in [-0.25, -0.2) is 25.1 Å². The van der Waals surface area contributed by atoms with Crippen molar-refractivity contribution in [2.24, 2.45) is 0 Å². The highest BCUT2D eigenvalue weighted by atomic mass is 32.3. The molecule has 0 radical (unpaired) electrons. The summed E-state index contributed by atoms with van der Waals surface area (Å²) in [6.45, 7) is -2.94. The molecule has 10 N–H and O–H groups in total. The second-order valence-corrected chi connectivity index (χ2v) is 17.1. The van der Waals surface area contributed by atoms with Crippen LogP contribution in [0.3, 0.4) is 0 Å². The number of nitrogens with one attached hydrogen (secondary N) is 2. The molecule has 3 rings (SSSR count). The predicted octanol–water partition coefficient (Wildman–Crippen LogP) is -6.29. The minimum Gasteiger partial charge on any atom is -0.366 e. The van der Waals surface area contributed by atoms with Crippen molar-refractivity contribution in [3.8, 4) is 0 Å². The molecule has 1 aromatic rings. The third-order valence-electron chi connectivity index (χ3n) is 7.01. The maximum Gasteiger partial charge on any atom is 0.397 e. The molecule has 2 fully saturated rings. The van der Waals surface area contributed by atoms with Crippen LogP contribution in [0.25, 0.3) is 8.59 Å². The van der Waals surface area contributed by atoms with Crippen LogP contribution in [0.15, 0.2) is 24.3 Å². The van der Waals surface area contributed by atoms with Gasteiger partial charge in [0, 0.05) is 11.1 Å². The molecule has 1 aromatic carbocycles. The summed E-state index contributed by atoms with van der Waals surface area (Å²) in [5.41, 5.74) is -1.12. The lowest BCUT2D eigenvalue weighted by Crippen LogP contribution is -2.66. The topological polar surface area (TPSA) is 499 Å². The quantitative estimate of drug-likeness (QED) is 0.0431. The third kappa shape index (κ3) is 16.0. The Morgan fingerprint density at radius 1 is 0.517 bits per heavy atom. The van der Waals surface area contributed by atoms with E-state index in [1.54, 1.807) is 0 Å². The number of aliphatic hydroxyl groups is 2. The van der Waals surface area contributed by atoms with Gasteiger partial charge in [0.1, 0.15) is 48.7 Å². The van der Waals surface area contributed by atoms with Crippen molar-refractivity contribution in [3.05, 3.63) is 35.4 Å². The first kappa shape index (κ1) is 40.6. The highest BCUT2D eigenvalue weighted by Crippen LogP contribution is 2.30. The Morgan fingerprint density at radius 3 is 1.07 bits per heavy atom. The molecule has 10 atom stereocenters. The molecule has 2 aliphatic rings. The van der Waals surface area contributed by atoms with Crippen molar-refractivity contribution in [2.45, 2.75) is 61.3 Å². The van der Waals surface area contributed by atoms with E-state index in [-0.39, 0.29) is 0 Å². The Bertz CT molecular complexity index is 2300. The van der Waals surface area contributed by atoms with E-state index in [0.29, 0.717) is 0 Å². The van der Waals surface area contributed by atoms with E-state index in [4.69, 9.17) is 18.1 Å². The van der Waals surface area contributed by atoms with Crippen LogP contribution < -0.4 is 10.6 Å². The fourth-order valence-corrected chi connectivity index (χ4v) is 7.58. The Kier molecular flexibility index (Phi) is 12.9. The van der Waals surface area contributed by atoms with Crippen LogP contribution in [-0.4, -0.2) is 174 Å². The highest BCUT2D eigenvalue weighted by molar-refractivity contribution is 7.82. The van der Waals surface area contributed by atoms with Gasteiger partial charge in [-0.15, -0.1) is 0 Å². The fraction of sp³-hybridized carbons (Fsp3) is 0.600. The summed E-state index contributed by atoms with van der Waals surface area (Å²) in [4.78, 5) is 26.7. The van der Waals surface area contributed by atoms with Crippen molar-refractivity contribution in [3.63, 3.8) is 0 Å². The van der Waals surface area contributed by atoms with Gasteiger partial charge in [0.25, 0.3) is 11.8 Å². The average molecular weight is 975 g/mol. The lowest BCUT2D eigenvalue weighted by Gasteiger charge is -2.42. The zero-order valence-electron chi connectivity index (χ0n) is 33.3. The maximum atomic E-state index is 13.3. The number of benzene rings is 1. The summed E-state index contributed by atoms with van der Waals surface area (Å²) in [5.74, 6) is -2.80. The van der Waals surface area contributed by atoms with Gasteiger partial charge in [-0.1, -0.05) is 0 Å². The van der Waals surface area contributed by atoms with E-state index in [9.17, 15) is 70.3 Å². The second-order valence-electron chi connectivity index (χ2n) is 11.0. The van der Waals surface area contributed by atoms with Gasteiger partial charge in [0.2, 0.25) is 8.59 Å². The zero-order valence-corrected chi connectivity index (χ0v) is 32.2. The van der Waals surface area contributed by atoms with Crippen molar-refractivity contribution >= 4 is 74.2 Å². The predicted molar refractivity (Wildman–Crippen MR) is 171 cm³/mol. The summed E-state index contributed by atoms with van der Waals surface area (Å²) in [6.07, 6.45) is -20.2. The number of ether oxygens (including phenoxy) is 2. The Balaban J connectivity index is 1.97. The first-order valence-electron chi connectivity index (χ1n) is 16.7. The van der Waals surface area contributed by atoms with Gasteiger partial charge in [-0.05, 0) is 24.3 Å². The van der Waals surface area contributed by atoms with Crippen LogP contribution in [0.5, 0.6) is 0 Å². The van der Waals surface area contributed by atoms with Gasteiger partial charge in [0.15, 0.2) is 12.6 Å². The fourth-order valence-electron chi connectivity index (χ4n) is 4.96. The first-order chi connectivity index (χ1) is 29.5. The molecule has 0 aliphatic carbocycles. The third-order valence-corrected chi connectivity index (χ3v) is 9.69. The highest BCUT2D eigenvalue weighted by Gasteiger charge is 2.53. The van der Waals surface area contributed by atoms with Gasteiger partial charge in [-0.3, -0.25) is 36.9 Å². The molecule has 2 heterocycles. The van der Waals surface area contributed by atoms with Crippen LogP contribution >= 0.6 is 0 Å². The molecule has 0 bridgehead atoms. The Morgan fingerprint density at radius 2 is 0.793 bits per heavy atom. The minimum absolute atomic E-state index is 0.560. The molecule has 0 aromatic heterocycles. The van der Waals surface area contributed by atoms with Crippen molar-refractivity contribution < 1.29 is 132 Å². The van der Waals surface area contributed by atoms with Crippen LogP contribution in [-0.2, 0) is 97.0 Å². The van der Waals surface area contributed by atoms with Crippen LogP contribution in [0.1, 0.15) is 20.7 Å². The van der Waals surface area contributed by atoms with E-state index in [1.807, 2.05) is 10.6 Å². The molecule has 2 amide bonds. The number of amides is 2. The SMILES string of the molecule is [2H]OS(=O)(=O)OC[C@H]1OC(O)[C@H](NC(=O)c2ccc(C(=O)N[C@H]3C(O)O[C@H](COS(=O)(=O)O[2H])[C@@H](OS(=O)(=O)O[2H])[C@@H]3OS(=O)(=O)O[2H])cc2)[C@@H](OS(=O)(=O)O[2H])[C@@H]1OS(=O)(=O)O[2H]. The molecule has 0 spiro atoms. The second kappa shape index (κ2) is 18.5. The molecule has 32 nitrogen and oxygen atoms in total. The maximum absolute atomic E-state index is 13.3. The monoisotopic (exact) mass is 974 g/mol. The molecular weight excluding hydrogens is 941 g/mol. The van der Waals surface area contributed by atoms with E-state index in [2.05, 4.69) is 52.4 Å². The summed E-state index contributed by atoms with van der Waals surface area (Å²) >= 11 is 0. The molecular formula is C20H28N2O30S6. The lowest BCUT2D eigenvalue weighted by molar-refractivity contribution is -0.241. The van der Waals surface area contributed by atoms with Crippen molar-refractivity contribution in [1.29, 1.82) is 8.59 Å². The summed E-state index contributed by atoms with van der Waals surface area (Å²) in [6, 6.07) is -1.59. The summed E-state index contributed by atoms with van der Waals surface area (Å²) < 4.78 is 240. The first-order valence-corrected chi connectivity index (χ1v) is 22.3. The van der Waals surface area contributed by atoms with Crippen molar-refractivity contribution in [1.82, 2.24) is 10.6 Å². The molecule has 2 aliphatic heterocycles. The molecule has 38 heteroatoms. The van der Waals surface area contributed by atoms with E-state index < -0.39 is 160 Å². The van der Waals surface area contributed by atoms with Crippen LogP contribution in [0, 0.1) is 0 Å². The lowest BCUT2D eigenvalue weighted by atomic mass is 9.96. The Hall–Kier alpha value is -2.78. The summed E-state index contributed by atoms with van der Waals surface area (Å²) in [7, 11) is -32.6. The average Bonchev–Trinajstić information content (AvgIpc) is 3.23. The van der Waals surface area contributed by atoms with E-state index in [0.717, 1.165) is 24.3 Å². The van der Waals surface area contributed by atoms with Gasteiger partial charge in [0.05, 0.1) is 13.2 Å². The molecule has 2 unspecified atom stereocenters. The van der Waals surface area contributed by atoms with Crippen molar-refractivity contribution in [2.75, 3.05) is 13.2 Å². The van der Waals surface area contributed by atoms with Gasteiger partial charge >= 0.3 is 62.4 Å². The molecule has 0 saturated carbocycles. The number of carbonyl (C=O) groups is 2. The van der Waals surface area contributed by atoms with Crippen LogP contribution in [0.4, 0.5) is 0 Å². The van der Waals surface area contributed by atoms with Gasteiger partial charge in [-0.2, -0.15) is 50.5 Å². The number of hydrogen-bond acceptors (Lipinski definition) is 30. The zero-order chi connectivity index (χ0) is 48.6. The number of carbonyl (C=O) groups excluding carboxylic acids is 2. The molecule has 334 valence electrons.